The summed E-state index contributed by atoms with van der Waals surface area (Å²) in [5.41, 5.74) is 1.37. The third kappa shape index (κ3) is 8.67. The van der Waals surface area contributed by atoms with Crippen molar-refractivity contribution in [3.05, 3.63) is 81.6 Å². The van der Waals surface area contributed by atoms with E-state index < -0.39 is 5.41 Å². The van der Waals surface area contributed by atoms with E-state index in [9.17, 15) is 14.4 Å². The van der Waals surface area contributed by atoms with E-state index in [0.717, 1.165) is 43.6 Å². The Kier molecular flexibility index (Phi) is 13.1. The van der Waals surface area contributed by atoms with Crippen LogP contribution in [0.25, 0.3) is 0 Å². The summed E-state index contributed by atoms with van der Waals surface area (Å²) in [6.45, 7) is 8.04. The Hall–Kier alpha value is -4.10. The molecule has 0 aliphatic carbocycles. The highest BCUT2D eigenvalue weighted by Crippen LogP contribution is 2.44. The molecule has 2 aromatic carbocycles. The van der Waals surface area contributed by atoms with E-state index in [0.29, 0.717) is 91.6 Å². The quantitative estimate of drug-likeness (QED) is 0.211. The van der Waals surface area contributed by atoms with E-state index in [1.165, 1.54) is 21.3 Å². The Labute approximate surface area is 333 Å². The van der Waals surface area contributed by atoms with Gasteiger partial charge >= 0.3 is 5.97 Å². The number of benzene rings is 2. The lowest BCUT2D eigenvalue weighted by Crippen LogP contribution is -2.58. The summed E-state index contributed by atoms with van der Waals surface area (Å²) in [6, 6.07) is 13.1. The number of rotatable bonds is 13. The standard InChI is InChI=1S/C41H51Cl2N5O7/c1-5-55-36(49)27-46-19-21-47(22-20-46)39(51)41(31-7-6-14-44-26-31)12-16-45(17-13-41)15-10-40(30-8-9-32(42)33(43)25-30)11-18-48(28-40)38(50)29-23-34(52-2)37(54-4)35(24-29)53-3/h6-9,14,23-26H,5,10-13,15-22,27-28H2,1-4H3/t40-/m0/s1. The summed E-state index contributed by atoms with van der Waals surface area (Å²) >= 11 is 13.0. The molecule has 3 saturated heterocycles. The first-order valence-electron chi connectivity index (χ1n) is 18.9. The van der Waals surface area contributed by atoms with Gasteiger partial charge in [0.25, 0.3) is 5.91 Å². The Morgan fingerprint density at radius 2 is 1.49 bits per heavy atom. The molecule has 1 aromatic heterocycles. The van der Waals surface area contributed by atoms with Gasteiger partial charge in [-0.1, -0.05) is 35.3 Å². The van der Waals surface area contributed by atoms with Crippen LogP contribution in [0.4, 0.5) is 0 Å². The number of carbonyl (C=O) groups excluding carboxylic acids is 3. The average molecular weight is 797 g/mol. The van der Waals surface area contributed by atoms with Gasteiger partial charge in [-0.15, -0.1) is 0 Å². The lowest BCUT2D eigenvalue weighted by atomic mass is 9.71. The normalized spacial score (nSPS) is 20.3. The second-order valence-corrected chi connectivity index (χ2v) is 15.4. The van der Waals surface area contributed by atoms with Gasteiger partial charge < -0.3 is 33.6 Å². The number of pyridine rings is 1. The van der Waals surface area contributed by atoms with Gasteiger partial charge in [-0.25, -0.2) is 0 Å². The maximum atomic E-state index is 14.5. The van der Waals surface area contributed by atoms with Gasteiger partial charge in [-0.3, -0.25) is 24.3 Å². The van der Waals surface area contributed by atoms with Crippen LogP contribution >= 0.6 is 23.2 Å². The molecule has 3 aliphatic heterocycles. The highest BCUT2D eigenvalue weighted by atomic mass is 35.5. The molecule has 0 radical (unpaired) electrons. The van der Waals surface area contributed by atoms with Crippen molar-refractivity contribution in [1.82, 2.24) is 24.6 Å². The van der Waals surface area contributed by atoms with Gasteiger partial charge in [-0.2, -0.15) is 0 Å². The number of piperazine rings is 1. The lowest BCUT2D eigenvalue weighted by molar-refractivity contribution is -0.146. The molecular formula is C41H51Cl2N5O7. The molecule has 3 fully saturated rings. The third-order valence-corrected chi connectivity index (χ3v) is 12.4. The number of ether oxygens (including phenoxy) is 4. The second-order valence-electron chi connectivity index (χ2n) is 14.6. The molecule has 3 aromatic rings. The first-order valence-corrected chi connectivity index (χ1v) is 19.7. The maximum absolute atomic E-state index is 14.5. The number of piperidine rings is 1. The molecule has 0 N–H and O–H groups in total. The molecule has 12 nitrogen and oxygen atoms in total. The van der Waals surface area contributed by atoms with E-state index in [1.807, 2.05) is 51.2 Å². The fourth-order valence-electron chi connectivity index (χ4n) is 8.45. The molecule has 14 heteroatoms. The van der Waals surface area contributed by atoms with Crippen molar-refractivity contribution in [1.29, 1.82) is 0 Å². The van der Waals surface area contributed by atoms with Crippen molar-refractivity contribution < 1.29 is 33.3 Å². The summed E-state index contributed by atoms with van der Waals surface area (Å²) in [6.07, 6.45) is 6.42. The maximum Gasteiger partial charge on any atom is 0.320 e. The Morgan fingerprint density at radius 1 is 0.782 bits per heavy atom. The minimum atomic E-state index is -0.688. The second kappa shape index (κ2) is 17.8. The van der Waals surface area contributed by atoms with Crippen LogP contribution in [0.5, 0.6) is 17.2 Å². The van der Waals surface area contributed by atoms with Gasteiger partial charge in [0.2, 0.25) is 11.7 Å². The van der Waals surface area contributed by atoms with Crippen molar-refractivity contribution in [3.8, 4) is 17.2 Å². The number of hydrogen-bond acceptors (Lipinski definition) is 10. The number of methoxy groups -OCH3 is 3. The van der Waals surface area contributed by atoms with Crippen LogP contribution in [-0.2, 0) is 25.2 Å². The van der Waals surface area contributed by atoms with Crippen molar-refractivity contribution in [2.24, 2.45) is 0 Å². The number of aromatic nitrogens is 1. The van der Waals surface area contributed by atoms with Crippen LogP contribution in [0.1, 0.15) is 54.1 Å². The minimum absolute atomic E-state index is 0.124. The molecule has 2 amide bonds. The van der Waals surface area contributed by atoms with E-state index in [-0.39, 0.29) is 29.7 Å². The molecule has 1 atom stereocenters. The molecule has 0 saturated carbocycles. The molecular weight excluding hydrogens is 745 g/mol. The topological polar surface area (TPSA) is 114 Å². The summed E-state index contributed by atoms with van der Waals surface area (Å²) < 4.78 is 21.7. The van der Waals surface area contributed by atoms with Crippen LogP contribution < -0.4 is 14.2 Å². The largest absolute Gasteiger partial charge is 0.493 e. The molecule has 0 unspecified atom stereocenters. The van der Waals surface area contributed by atoms with E-state index in [1.54, 1.807) is 25.3 Å². The fourth-order valence-corrected chi connectivity index (χ4v) is 8.74. The zero-order valence-corrected chi connectivity index (χ0v) is 33.7. The molecule has 55 heavy (non-hydrogen) atoms. The molecule has 6 rings (SSSR count). The Morgan fingerprint density at radius 3 is 2.09 bits per heavy atom. The molecule has 3 aliphatic rings. The zero-order valence-electron chi connectivity index (χ0n) is 32.2. The Bertz CT molecular complexity index is 1810. The van der Waals surface area contributed by atoms with Crippen LogP contribution in [0.2, 0.25) is 10.0 Å². The average Bonchev–Trinajstić information content (AvgIpc) is 3.66. The van der Waals surface area contributed by atoms with E-state index >= 15 is 0 Å². The summed E-state index contributed by atoms with van der Waals surface area (Å²) in [4.78, 5) is 53.4. The summed E-state index contributed by atoms with van der Waals surface area (Å²) in [7, 11) is 4.60. The van der Waals surface area contributed by atoms with Gasteiger partial charge in [0.1, 0.15) is 0 Å². The fraction of sp³-hybridized carbons (Fsp3) is 0.512. The van der Waals surface area contributed by atoms with Crippen molar-refractivity contribution in [2.45, 2.75) is 43.4 Å². The van der Waals surface area contributed by atoms with Crippen molar-refractivity contribution >= 4 is 41.0 Å². The summed E-state index contributed by atoms with van der Waals surface area (Å²) in [5, 5.41) is 0.962. The number of carbonyl (C=O) groups is 3. The number of amides is 2. The number of hydrogen-bond donors (Lipinski definition) is 0. The summed E-state index contributed by atoms with van der Waals surface area (Å²) in [5.74, 6) is 1.03. The van der Waals surface area contributed by atoms with E-state index in [4.69, 9.17) is 42.1 Å². The smallest absolute Gasteiger partial charge is 0.320 e. The van der Waals surface area contributed by atoms with Crippen LogP contribution in [0.15, 0.2) is 54.9 Å². The molecule has 4 heterocycles. The minimum Gasteiger partial charge on any atom is -0.493 e. The van der Waals surface area contributed by atoms with Crippen molar-refractivity contribution in [2.75, 3.05) is 93.4 Å². The number of esters is 1. The highest BCUT2D eigenvalue weighted by molar-refractivity contribution is 6.42. The predicted molar refractivity (Wildman–Crippen MR) is 211 cm³/mol. The number of nitrogens with zero attached hydrogens (tertiary/aromatic N) is 5. The lowest BCUT2D eigenvalue weighted by Gasteiger charge is -2.45. The molecule has 0 spiro atoms. The van der Waals surface area contributed by atoms with Gasteiger partial charge in [0, 0.05) is 62.6 Å². The molecule has 0 bridgehead atoms. The predicted octanol–water partition coefficient (Wildman–Crippen LogP) is 5.33. The van der Waals surface area contributed by atoms with Crippen LogP contribution in [-0.4, -0.2) is 136 Å². The van der Waals surface area contributed by atoms with Crippen LogP contribution in [0.3, 0.4) is 0 Å². The molecule has 296 valence electrons. The zero-order chi connectivity index (χ0) is 39.2. The monoisotopic (exact) mass is 795 g/mol. The first-order chi connectivity index (χ1) is 26.6. The SMILES string of the molecule is CCOC(=O)CN1CCN(C(=O)C2(c3cccnc3)CCN(CC[C@]3(c4ccc(Cl)c(Cl)c4)CCN(C(=O)c4cc(OC)c(OC)c(OC)c4)C3)CC2)CC1. The van der Waals surface area contributed by atoms with Gasteiger partial charge in [-0.05, 0) is 93.7 Å². The number of halogens is 2. The Balaban J connectivity index is 1.17. The van der Waals surface area contributed by atoms with Crippen molar-refractivity contribution in [3.63, 3.8) is 0 Å². The van der Waals surface area contributed by atoms with Gasteiger partial charge in [0.15, 0.2) is 11.5 Å². The highest BCUT2D eigenvalue weighted by Gasteiger charge is 2.47. The third-order valence-electron chi connectivity index (χ3n) is 11.6. The van der Waals surface area contributed by atoms with Crippen LogP contribution in [0, 0.1) is 0 Å². The van der Waals surface area contributed by atoms with Gasteiger partial charge in [0.05, 0.1) is 49.9 Å². The number of likely N-dealkylation sites (tertiary alicyclic amines) is 2. The van der Waals surface area contributed by atoms with E-state index in [2.05, 4.69) is 9.88 Å². The first kappa shape index (κ1) is 40.6.